The Kier molecular flexibility index (Phi) is 5.23. The molecule has 1 N–H and O–H groups in total. The Labute approximate surface area is 137 Å². The predicted octanol–water partition coefficient (Wildman–Crippen LogP) is 4.72. The van der Waals surface area contributed by atoms with Crippen LogP contribution in [-0.4, -0.2) is 19.6 Å². The van der Waals surface area contributed by atoms with Crippen LogP contribution in [0, 0.1) is 5.92 Å². The lowest BCUT2D eigenvalue weighted by molar-refractivity contribution is 0.362. The maximum absolute atomic E-state index is 3.77. The summed E-state index contributed by atoms with van der Waals surface area (Å²) in [5, 5.41) is 3.58. The molecule has 1 aromatic rings. The third kappa shape index (κ3) is 4.46. The molecule has 2 aliphatic rings. The number of rotatable bonds is 6. The summed E-state index contributed by atoms with van der Waals surface area (Å²) in [4.78, 5) is 2.43. The molecular weight excluding hydrogens is 324 g/mol. The lowest BCUT2D eigenvalue weighted by Crippen LogP contribution is -2.27. The van der Waals surface area contributed by atoms with E-state index in [1.54, 1.807) is 0 Å². The smallest absolute Gasteiger partial charge is 0.0508 e. The molecule has 2 nitrogen and oxygen atoms in total. The van der Waals surface area contributed by atoms with E-state index < -0.39 is 0 Å². The van der Waals surface area contributed by atoms with E-state index in [1.807, 2.05) is 0 Å². The molecule has 116 valence electrons. The SMILES string of the molecule is CN(CC1CCCCC1)c1ccc(CNC2CC2)cc1Br. The maximum atomic E-state index is 3.77. The van der Waals surface area contributed by atoms with Gasteiger partial charge in [0.1, 0.15) is 0 Å². The van der Waals surface area contributed by atoms with E-state index >= 15 is 0 Å². The third-order valence-electron chi connectivity index (χ3n) is 4.85. The van der Waals surface area contributed by atoms with Crippen molar-refractivity contribution in [1.29, 1.82) is 0 Å². The lowest BCUT2D eigenvalue weighted by Gasteiger charge is -2.29. The second-order valence-corrected chi connectivity index (χ2v) is 7.68. The molecule has 0 aliphatic heterocycles. The molecule has 0 radical (unpaired) electrons. The number of benzene rings is 1. The standard InChI is InChI=1S/C18H27BrN2/c1-21(13-14-5-3-2-4-6-14)18-10-7-15(11-17(18)19)12-20-16-8-9-16/h7,10-11,14,16,20H,2-6,8-9,12-13H2,1H3. The minimum Gasteiger partial charge on any atom is -0.373 e. The molecule has 0 heterocycles. The molecule has 2 fully saturated rings. The molecule has 0 aromatic heterocycles. The van der Waals surface area contributed by atoms with E-state index in [0.29, 0.717) is 0 Å². The largest absolute Gasteiger partial charge is 0.373 e. The molecule has 0 atom stereocenters. The van der Waals surface area contributed by atoms with Crippen LogP contribution >= 0.6 is 15.9 Å². The van der Waals surface area contributed by atoms with E-state index in [2.05, 4.69) is 51.4 Å². The van der Waals surface area contributed by atoms with E-state index in [9.17, 15) is 0 Å². The second-order valence-electron chi connectivity index (χ2n) is 6.83. The van der Waals surface area contributed by atoms with Crippen LogP contribution in [0.1, 0.15) is 50.5 Å². The van der Waals surface area contributed by atoms with Gasteiger partial charge in [-0.3, -0.25) is 0 Å². The number of hydrogen-bond donors (Lipinski definition) is 1. The Hall–Kier alpha value is -0.540. The average Bonchev–Trinajstić information content (AvgIpc) is 3.30. The first-order valence-corrected chi connectivity index (χ1v) is 9.24. The molecule has 2 saturated carbocycles. The van der Waals surface area contributed by atoms with Crippen LogP contribution < -0.4 is 10.2 Å². The predicted molar refractivity (Wildman–Crippen MR) is 93.8 cm³/mol. The normalized spacial score (nSPS) is 19.7. The van der Waals surface area contributed by atoms with Crippen LogP contribution in [0.3, 0.4) is 0 Å². The fourth-order valence-corrected chi connectivity index (χ4v) is 4.10. The molecular formula is C18H27BrN2. The van der Waals surface area contributed by atoms with Crippen molar-refractivity contribution in [3.63, 3.8) is 0 Å². The van der Waals surface area contributed by atoms with Crippen molar-refractivity contribution in [1.82, 2.24) is 5.32 Å². The molecule has 2 aliphatic carbocycles. The van der Waals surface area contributed by atoms with Gasteiger partial charge in [0, 0.05) is 30.7 Å². The Balaban J connectivity index is 1.57. The average molecular weight is 351 g/mol. The Bertz CT molecular complexity index is 464. The summed E-state index contributed by atoms with van der Waals surface area (Å²) in [5.41, 5.74) is 2.71. The van der Waals surface area contributed by atoms with E-state index in [-0.39, 0.29) is 0 Å². The highest BCUT2D eigenvalue weighted by Gasteiger charge is 2.20. The van der Waals surface area contributed by atoms with Crippen molar-refractivity contribution in [2.24, 2.45) is 5.92 Å². The Morgan fingerprint density at radius 1 is 1.14 bits per heavy atom. The highest BCUT2D eigenvalue weighted by atomic mass is 79.9. The van der Waals surface area contributed by atoms with Gasteiger partial charge in [-0.15, -0.1) is 0 Å². The minimum absolute atomic E-state index is 0.775. The van der Waals surface area contributed by atoms with Gasteiger partial charge < -0.3 is 10.2 Å². The first kappa shape index (κ1) is 15.4. The molecule has 1 aromatic carbocycles. The van der Waals surface area contributed by atoms with Gasteiger partial charge in [0.05, 0.1) is 5.69 Å². The van der Waals surface area contributed by atoms with Gasteiger partial charge in [-0.05, 0) is 65.2 Å². The summed E-state index contributed by atoms with van der Waals surface area (Å²) in [6.45, 7) is 2.19. The van der Waals surface area contributed by atoms with Crippen LogP contribution in [0.5, 0.6) is 0 Å². The van der Waals surface area contributed by atoms with Crippen LogP contribution in [-0.2, 0) is 6.54 Å². The lowest BCUT2D eigenvalue weighted by atomic mass is 9.89. The van der Waals surface area contributed by atoms with Crippen LogP contribution in [0.15, 0.2) is 22.7 Å². The van der Waals surface area contributed by atoms with Gasteiger partial charge >= 0.3 is 0 Å². The van der Waals surface area contributed by atoms with E-state index in [0.717, 1.165) is 18.5 Å². The van der Waals surface area contributed by atoms with Gasteiger partial charge in [0.15, 0.2) is 0 Å². The maximum Gasteiger partial charge on any atom is 0.0508 e. The van der Waals surface area contributed by atoms with Crippen molar-refractivity contribution in [3.05, 3.63) is 28.2 Å². The zero-order valence-electron chi connectivity index (χ0n) is 13.1. The quantitative estimate of drug-likeness (QED) is 0.798. The zero-order valence-corrected chi connectivity index (χ0v) is 14.7. The zero-order chi connectivity index (χ0) is 14.7. The number of hydrogen-bond acceptors (Lipinski definition) is 2. The molecule has 21 heavy (non-hydrogen) atoms. The molecule has 0 amide bonds. The molecule has 3 rings (SSSR count). The van der Waals surface area contributed by atoms with Crippen LogP contribution in [0.4, 0.5) is 5.69 Å². The first-order valence-electron chi connectivity index (χ1n) is 8.45. The summed E-state index contributed by atoms with van der Waals surface area (Å²) in [5.74, 6) is 0.881. The number of anilines is 1. The number of halogens is 1. The fraction of sp³-hybridized carbons (Fsp3) is 0.667. The molecule has 3 heteroatoms. The fourth-order valence-electron chi connectivity index (χ4n) is 3.37. The van der Waals surface area contributed by atoms with Gasteiger partial charge in [0.2, 0.25) is 0 Å². The molecule has 0 bridgehead atoms. The van der Waals surface area contributed by atoms with Gasteiger partial charge in [0.25, 0.3) is 0 Å². The second kappa shape index (κ2) is 7.15. The summed E-state index contributed by atoms with van der Waals surface area (Å²) < 4.78 is 1.23. The summed E-state index contributed by atoms with van der Waals surface area (Å²) >= 11 is 3.77. The first-order chi connectivity index (χ1) is 10.2. The van der Waals surface area contributed by atoms with Crippen molar-refractivity contribution in [2.45, 2.75) is 57.5 Å². The Morgan fingerprint density at radius 2 is 1.90 bits per heavy atom. The van der Waals surface area contributed by atoms with Crippen molar-refractivity contribution >= 4 is 21.6 Å². The number of nitrogens with one attached hydrogen (secondary N) is 1. The minimum atomic E-state index is 0.775. The van der Waals surface area contributed by atoms with E-state index in [1.165, 1.54) is 67.2 Å². The molecule has 0 saturated heterocycles. The summed E-state index contributed by atoms with van der Waals surface area (Å²) in [7, 11) is 2.23. The highest BCUT2D eigenvalue weighted by Crippen LogP contribution is 2.30. The number of nitrogens with zero attached hydrogens (tertiary/aromatic N) is 1. The summed E-state index contributed by atoms with van der Waals surface area (Å²) in [6, 6.07) is 7.60. The van der Waals surface area contributed by atoms with Gasteiger partial charge in [-0.2, -0.15) is 0 Å². The molecule has 0 unspecified atom stereocenters. The van der Waals surface area contributed by atoms with Crippen molar-refractivity contribution < 1.29 is 0 Å². The van der Waals surface area contributed by atoms with Crippen LogP contribution in [0.25, 0.3) is 0 Å². The van der Waals surface area contributed by atoms with Crippen LogP contribution in [0.2, 0.25) is 0 Å². The topological polar surface area (TPSA) is 15.3 Å². The highest BCUT2D eigenvalue weighted by molar-refractivity contribution is 9.10. The van der Waals surface area contributed by atoms with Crippen molar-refractivity contribution in [2.75, 3.05) is 18.5 Å². The summed E-state index contributed by atoms with van der Waals surface area (Å²) in [6.07, 6.45) is 9.80. The van der Waals surface area contributed by atoms with Crippen molar-refractivity contribution in [3.8, 4) is 0 Å². The van der Waals surface area contributed by atoms with Gasteiger partial charge in [-0.25, -0.2) is 0 Å². The monoisotopic (exact) mass is 350 g/mol. The third-order valence-corrected chi connectivity index (χ3v) is 5.49. The molecule has 0 spiro atoms. The Morgan fingerprint density at radius 3 is 2.57 bits per heavy atom. The van der Waals surface area contributed by atoms with E-state index in [4.69, 9.17) is 0 Å². The van der Waals surface area contributed by atoms with Gasteiger partial charge in [-0.1, -0.05) is 25.3 Å².